The van der Waals surface area contributed by atoms with E-state index in [0.29, 0.717) is 0 Å². The Labute approximate surface area is 102 Å². The lowest BCUT2D eigenvalue weighted by molar-refractivity contribution is 0.695. The highest BCUT2D eigenvalue weighted by atomic mass is 28.3. The summed E-state index contributed by atoms with van der Waals surface area (Å²) in [5, 5.41) is 2.80. The van der Waals surface area contributed by atoms with Crippen molar-refractivity contribution >= 4 is 22.2 Å². The molecule has 0 aliphatic heterocycles. The molecule has 0 saturated heterocycles. The summed E-state index contributed by atoms with van der Waals surface area (Å²) in [7, 11) is -1.15. The molecular weight excluding hydrogens is 211 g/mol. The predicted octanol–water partition coefficient (Wildman–Crippen LogP) is 4.21. The second-order valence-electron chi connectivity index (χ2n) is 6.48. The normalized spacial score (nSPS) is 11.5. The Morgan fingerprint density at radius 2 is 1.33 bits per heavy atom. The third-order valence-electron chi connectivity index (χ3n) is 2.16. The molecule has 15 heavy (non-hydrogen) atoms. The third kappa shape index (κ3) is 10.6. The first-order valence-electron chi connectivity index (χ1n) is 6.23. The molecule has 0 heterocycles. The fourth-order valence-corrected chi connectivity index (χ4v) is 6.92. The smallest absolute Gasteiger partial charge is 0.212 e. The van der Waals surface area contributed by atoms with E-state index in [-0.39, 0.29) is 0 Å². The minimum absolute atomic E-state index is 0.776. The van der Waals surface area contributed by atoms with Crippen LogP contribution in [0.25, 0.3) is 0 Å². The first kappa shape index (κ1) is 15.3. The Bertz CT molecular complexity index is 217. The van der Waals surface area contributed by atoms with E-state index >= 15 is 0 Å². The molecular formula is C13H27AlSi. The molecule has 0 saturated carbocycles. The minimum Gasteiger partial charge on any atom is -0.212 e. The van der Waals surface area contributed by atoms with Crippen molar-refractivity contribution in [1.82, 2.24) is 0 Å². The van der Waals surface area contributed by atoms with Crippen LogP contribution in [0.4, 0.5) is 0 Å². The Hall–Kier alpha value is 0.309. The quantitative estimate of drug-likeness (QED) is 0.508. The Morgan fingerprint density at radius 1 is 0.933 bits per heavy atom. The minimum atomic E-state index is -1.15. The van der Waals surface area contributed by atoms with Gasteiger partial charge in [0.1, 0.15) is 8.07 Å². The summed E-state index contributed by atoms with van der Waals surface area (Å²) in [6, 6.07) is 0. The zero-order chi connectivity index (χ0) is 12.1. The molecule has 0 radical (unpaired) electrons. The fourth-order valence-electron chi connectivity index (χ4n) is 1.67. The highest BCUT2D eigenvalue weighted by Crippen LogP contribution is 2.14. The molecule has 0 aliphatic rings. The zero-order valence-electron chi connectivity index (χ0n) is 11.6. The Kier molecular flexibility index (Phi) is 6.94. The van der Waals surface area contributed by atoms with Gasteiger partial charge in [0.05, 0.1) is 0 Å². The van der Waals surface area contributed by atoms with Crippen LogP contribution in [0.3, 0.4) is 0 Å². The third-order valence-corrected chi connectivity index (χ3v) is 6.92. The van der Waals surface area contributed by atoms with E-state index in [1.807, 2.05) is 0 Å². The lowest BCUT2D eigenvalue weighted by Crippen LogP contribution is -2.21. The van der Waals surface area contributed by atoms with Gasteiger partial charge in [-0.1, -0.05) is 69.7 Å². The molecule has 0 aromatic carbocycles. The van der Waals surface area contributed by atoms with Crippen molar-refractivity contribution < 1.29 is 0 Å². The van der Waals surface area contributed by atoms with Gasteiger partial charge >= 0.3 is 14.1 Å². The summed E-state index contributed by atoms with van der Waals surface area (Å²) in [5.74, 6) is 1.66. The largest absolute Gasteiger partial charge is 0.375 e. The summed E-state index contributed by atoms with van der Waals surface area (Å²) < 4.78 is 0. The molecule has 0 spiro atoms. The molecule has 2 heteroatoms. The van der Waals surface area contributed by atoms with Crippen LogP contribution in [-0.2, 0) is 0 Å². The van der Waals surface area contributed by atoms with Crippen LogP contribution in [0.1, 0.15) is 27.7 Å². The molecule has 0 N–H and O–H groups in total. The molecule has 0 aromatic heterocycles. The maximum atomic E-state index is 3.67. The standard InChI is InChI=1S/C5H9Si.2C4H9.Al/c1-5-6(2,3)4;2*1-4(2)3;/h2-4H3;2*4H,1H2,2-3H3;. The van der Waals surface area contributed by atoms with Gasteiger partial charge in [0.15, 0.2) is 0 Å². The maximum Gasteiger partial charge on any atom is 0.375 e. The van der Waals surface area contributed by atoms with E-state index < -0.39 is 22.2 Å². The van der Waals surface area contributed by atoms with Crippen molar-refractivity contribution in [2.24, 2.45) is 11.8 Å². The van der Waals surface area contributed by atoms with E-state index in [9.17, 15) is 0 Å². The summed E-state index contributed by atoms with van der Waals surface area (Å²) in [6.07, 6.45) is 0. The molecule has 0 nitrogen and oxygen atoms in total. The summed E-state index contributed by atoms with van der Waals surface area (Å²) in [6.45, 7) is 16.3. The van der Waals surface area contributed by atoms with Crippen LogP contribution < -0.4 is 0 Å². The van der Waals surface area contributed by atoms with E-state index in [1.165, 1.54) is 10.6 Å². The van der Waals surface area contributed by atoms with Gasteiger partial charge in [-0.05, 0) is 0 Å². The number of hydrogen-bond donors (Lipinski definition) is 0. The summed E-state index contributed by atoms with van der Waals surface area (Å²) in [4.78, 5) is 3.67. The van der Waals surface area contributed by atoms with Gasteiger partial charge in [0, 0.05) is 0 Å². The number of rotatable bonds is 4. The van der Waals surface area contributed by atoms with Crippen LogP contribution in [-0.4, -0.2) is 22.2 Å². The van der Waals surface area contributed by atoms with Crippen molar-refractivity contribution in [2.45, 2.75) is 57.9 Å². The van der Waals surface area contributed by atoms with Crippen LogP contribution in [0.5, 0.6) is 0 Å². The molecule has 0 amide bonds. The zero-order valence-corrected chi connectivity index (χ0v) is 13.8. The average molecular weight is 238 g/mol. The van der Waals surface area contributed by atoms with E-state index in [0.717, 1.165) is 11.8 Å². The highest BCUT2D eigenvalue weighted by Gasteiger charge is 2.19. The molecule has 0 fully saturated rings. The van der Waals surface area contributed by atoms with Crippen LogP contribution in [0, 0.1) is 22.2 Å². The van der Waals surface area contributed by atoms with Gasteiger partial charge in [-0.3, -0.25) is 0 Å². The van der Waals surface area contributed by atoms with E-state index in [2.05, 4.69) is 57.7 Å². The van der Waals surface area contributed by atoms with Crippen molar-refractivity contribution in [3.8, 4) is 10.3 Å². The first-order chi connectivity index (χ1) is 6.70. The van der Waals surface area contributed by atoms with Gasteiger partial charge in [-0.2, -0.15) is 5.54 Å². The second-order valence-corrected chi connectivity index (χ2v) is 13.9. The lowest BCUT2D eigenvalue weighted by Gasteiger charge is -2.12. The van der Waals surface area contributed by atoms with Crippen LogP contribution >= 0.6 is 0 Å². The Morgan fingerprint density at radius 3 is 1.60 bits per heavy atom. The molecule has 86 valence electrons. The molecule has 0 aliphatic carbocycles. The van der Waals surface area contributed by atoms with Crippen molar-refractivity contribution in [1.29, 1.82) is 0 Å². The van der Waals surface area contributed by atoms with E-state index in [1.54, 1.807) is 0 Å². The molecule has 0 rings (SSSR count). The van der Waals surface area contributed by atoms with Gasteiger partial charge < -0.3 is 0 Å². The molecule has 0 unspecified atom stereocenters. The monoisotopic (exact) mass is 238 g/mol. The topological polar surface area (TPSA) is 0 Å². The van der Waals surface area contributed by atoms with Gasteiger partial charge in [0.25, 0.3) is 0 Å². The van der Waals surface area contributed by atoms with Crippen molar-refractivity contribution in [2.75, 3.05) is 0 Å². The van der Waals surface area contributed by atoms with Gasteiger partial charge in [-0.15, -0.1) is 0 Å². The van der Waals surface area contributed by atoms with Crippen molar-refractivity contribution in [3.63, 3.8) is 0 Å². The lowest BCUT2D eigenvalue weighted by atomic mass is 10.3. The maximum absolute atomic E-state index is 3.67. The average Bonchev–Trinajstić information content (AvgIpc) is 1.96. The SMILES string of the molecule is CC(C)[CH2][Al]([C]#C[Si](C)(C)C)[CH2]C(C)C. The summed E-state index contributed by atoms with van der Waals surface area (Å²) >= 11 is -0.776. The number of hydrogen-bond acceptors (Lipinski definition) is 0. The highest BCUT2D eigenvalue weighted by molar-refractivity contribution is 6.85. The molecule has 0 aromatic rings. The first-order valence-corrected chi connectivity index (χ1v) is 11.9. The predicted molar refractivity (Wildman–Crippen MR) is 76.2 cm³/mol. The molecule has 0 atom stereocenters. The molecule has 0 bridgehead atoms. The van der Waals surface area contributed by atoms with Crippen LogP contribution in [0.15, 0.2) is 0 Å². The fraction of sp³-hybridized carbons (Fsp3) is 0.846. The van der Waals surface area contributed by atoms with Crippen molar-refractivity contribution in [3.05, 3.63) is 0 Å². The van der Waals surface area contributed by atoms with E-state index in [4.69, 9.17) is 0 Å². The Balaban J connectivity index is 4.41. The second kappa shape index (κ2) is 6.80. The van der Waals surface area contributed by atoms with Crippen LogP contribution in [0.2, 0.25) is 30.2 Å². The van der Waals surface area contributed by atoms with Gasteiger partial charge in [0.2, 0.25) is 0 Å². The summed E-state index contributed by atoms with van der Waals surface area (Å²) in [5.41, 5.74) is 3.58. The van der Waals surface area contributed by atoms with Gasteiger partial charge in [-0.25, -0.2) is 4.78 Å².